The Balaban J connectivity index is 2.07. The molecule has 2 rings (SSSR count). The van der Waals surface area contributed by atoms with Crippen molar-refractivity contribution in [2.75, 3.05) is 0 Å². The molecule has 94 valence electrons. The van der Waals surface area contributed by atoms with Crippen LogP contribution in [0.25, 0.3) is 0 Å². The summed E-state index contributed by atoms with van der Waals surface area (Å²) in [6, 6.07) is 8.65. The van der Waals surface area contributed by atoms with Crippen LogP contribution in [0.2, 0.25) is 0 Å². The lowest BCUT2D eigenvalue weighted by molar-refractivity contribution is 0.0720. The third-order valence-corrected chi connectivity index (χ3v) is 4.04. The van der Waals surface area contributed by atoms with Gasteiger partial charge < -0.3 is 4.74 Å². The molecule has 1 nitrogen and oxygen atoms in total. The van der Waals surface area contributed by atoms with E-state index in [1.54, 1.807) is 0 Å². The van der Waals surface area contributed by atoms with E-state index in [9.17, 15) is 0 Å². The van der Waals surface area contributed by atoms with Crippen LogP contribution < -0.4 is 4.74 Å². The van der Waals surface area contributed by atoms with Crippen LogP contribution in [0.15, 0.2) is 24.3 Å². The van der Waals surface area contributed by atoms with Crippen molar-refractivity contribution in [3.63, 3.8) is 0 Å². The molecule has 1 saturated carbocycles. The van der Waals surface area contributed by atoms with Crippen molar-refractivity contribution in [1.82, 2.24) is 0 Å². The first-order valence-electron chi connectivity index (χ1n) is 6.94. The highest BCUT2D eigenvalue weighted by Crippen LogP contribution is 2.37. The van der Waals surface area contributed by atoms with E-state index >= 15 is 0 Å². The standard InChI is InChI=1S/C16H24O/c1-4-16(11-5-6-12-16)17-15-9-7-14(8-10-15)13(2)3/h7-10,13H,4-6,11-12H2,1-3H3. The van der Waals surface area contributed by atoms with E-state index in [0.717, 1.165) is 12.2 Å². The SMILES string of the molecule is CCC1(Oc2ccc(C(C)C)cc2)CCCC1. The second-order valence-corrected chi connectivity index (χ2v) is 5.57. The quantitative estimate of drug-likeness (QED) is 0.716. The molecule has 1 aromatic carbocycles. The Bertz CT molecular complexity index is 344. The minimum Gasteiger partial charge on any atom is -0.487 e. The molecule has 0 amide bonds. The second kappa shape index (κ2) is 5.12. The average Bonchev–Trinajstić information content (AvgIpc) is 2.79. The molecule has 1 heteroatoms. The Morgan fingerprint density at radius 1 is 1.12 bits per heavy atom. The summed E-state index contributed by atoms with van der Waals surface area (Å²) in [5.74, 6) is 1.63. The summed E-state index contributed by atoms with van der Waals surface area (Å²) < 4.78 is 6.25. The fourth-order valence-electron chi connectivity index (χ4n) is 2.72. The van der Waals surface area contributed by atoms with E-state index < -0.39 is 0 Å². The normalized spacial score (nSPS) is 18.6. The molecule has 1 fully saturated rings. The minimum absolute atomic E-state index is 0.124. The van der Waals surface area contributed by atoms with Gasteiger partial charge in [-0.3, -0.25) is 0 Å². The lowest BCUT2D eigenvalue weighted by Gasteiger charge is -2.29. The summed E-state index contributed by atoms with van der Waals surface area (Å²) in [4.78, 5) is 0. The first-order chi connectivity index (χ1) is 8.15. The summed E-state index contributed by atoms with van der Waals surface area (Å²) in [5, 5.41) is 0. The molecule has 0 saturated heterocycles. The summed E-state index contributed by atoms with van der Waals surface area (Å²) >= 11 is 0. The maximum absolute atomic E-state index is 6.25. The Labute approximate surface area is 105 Å². The van der Waals surface area contributed by atoms with Crippen LogP contribution in [0, 0.1) is 0 Å². The molecule has 1 aromatic rings. The Morgan fingerprint density at radius 2 is 1.71 bits per heavy atom. The van der Waals surface area contributed by atoms with E-state index in [0.29, 0.717) is 5.92 Å². The van der Waals surface area contributed by atoms with Gasteiger partial charge in [-0.25, -0.2) is 0 Å². The van der Waals surface area contributed by atoms with Gasteiger partial charge in [0.1, 0.15) is 11.4 Å². The molecule has 1 aliphatic rings. The van der Waals surface area contributed by atoms with Gasteiger partial charge in [-0.05, 0) is 55.7 Å². The number of hydrogen-bond acceptors (Lipinski definition) is 1. The number of rotatable bonds is 4. The number of hydrogen-bond donors (Lipinski definition) is 0. The Hall–Kier alpha value is -0.980. The zero-order valence-electron chi connectivity index (χ0n) is 11.3. The van der Waals surface area contributed by atoms with Crippen LogP contribution in [0.3, 0.4) is 0 Å². The van der Waals surface area contributed by atoms with Crippen LogP contribution in [-0.2, 0) is 0 Å². The van der Waals surface area contributed by atoms with Crippen LogP contribution >= 0.6 is 0 Å². The highest BCUT2D eigenvalue weighted by Gasteiger charge is 2.33. The zero-order valence-corrected chi connectivity index (χ0v) is 11.3. The van der Waals surface area contributed by atoms with Crippen LogP contribution in [0.4, 0.5) is 0 Å². The molecular formula is C16H24O. The lowest BCUT2D eigenvalue weighted by Crippen LogP contribution is -2.31. The summed E-state index contributed by atoms with van der Waals surface area (Å²) in [7, 11) is 0. The van der Waals surface area contributed by atoms with Gasteiger partial charge in [0.15, 0.2) is 0 Å². The summed E-state index contributed by atoms with van der Waals surface area (Å²) in [6.45, 7) is 6.69. The van der Waals surface area contributed by atoms with Crippen molar-refractivity contribution in [2.24, 2.45) is 0 Å². The van der Waals surface area contributed by atoms with Crippen LogP contribution in [-0.4, -0.2) is 5.60 Å². The van der Waals surface area contributed by atoms with E-state index in [4.69, 9.17) is 4.74 Å². The smallest absolute Gasteiger partial charge is 0.120 e. The molecule has 0 radical (unpaired) electrons. The van der Waals surface area contributed by atoms with Gasteiger partial charge in [-0.2, -0.15) is 0 Å². The average molecular weight is 232 g/mol. The predicted molar refractivity (Wildman–Crippen MR) is 72.6 cm³/mol. The Morgan fingerprint density at radius 3 is 2.18 bits per heavy atom. The summed E-state index contributed by atoms with van der Waals surface area (Å²) in [6.07, 6.45) is 6.19. The fraction of sp³-hybridized carbons (Fsp3) is 0.625. The molecule has 0 unspecified atom stereocenters. The van der Waals surface area contributed by atoms with Gasteiger partial charge in [0.05, 0.1) is 0 Å². The highest BCUT2D eigenvalue weighted by atomic mass is 16.5. The van der Waals surface area contributed by atoms with Crippen LogP contribution in [0.1, 0.15) is 64.4 Å². The Kier molecular flexibility index (Phi) is 3.76. The molecule has 1 aliphatic carbocycles. The second-order valence-electron chi connectivity index (χ2n) is 5.57. The van der Waals surface area contributed by atoms with Crippen molar-refractivity contribution >= 4 is 0 Å². The van der Waals surface area contributed by atoms with Gasteiger partial charge in [-0.1, -0.05) is 32.9 Å². The van der Waals surface area contributed by atoms with Crippen LogP contribution in [0.5, 0.6) is 5.75 Å². The monoisotopic (exact) mass is 232 g/mol. The molecular weight excluding hydrogens is 208 g/mol. The van der Waals surface area contributed by atoms with E-state index in [2.05, 4.69) is 45.0 Å². The van der Waals surface area contributed by atoms with Crippen molar-refractivity contribution in [1.29, 1.82) is 0 Å². The van der Waals surface area contributed by atoms with E-state index in [1.807, 2.05) is 0 Å². The first-order valence-corrected chi connectivity index (χ1v) is 6.94. The van der Waals surface area contributed by atoms with Gasteiger partial charge in [0, 0.05) is 0 Å². The number of benzene rings is 1. The molecule has 0 aliphatic heterocycles. The van der Waals surface area contributed by atoms with Gasteiger partial charge in [0.2, 0.25) is 0 Å². The molecule has 0 atom stereocenters. The predicted octanol–water partition coefficient (Wildman–Crippen LogP) is 4.91. The zero-order chi connectivity index (χ0) is 12.3. The maximum Gasteiger partial charge on any atom is 0.120 e. The number of ether oxygens (including phenoxy) is 1. The maximum atomic E-state index is 6.25. The molecule has 0 N–H and O–H groups in total. The first kappa shape index (κ1) is 12.5. The minimum atomic E-state index is 0.124. The van der Waals surface area contributed by atoms with E-state index in [-0.39, 0.29) is 5.60 Å². The van der Waals surface area contributed by atoms with Gasteiger partial charge >= 0.3 is 0 Å². The van der Waals surface area contributed by atoms with Crippen molar-refractivity contribution < 1.29 is 4.74 Å². The fourth-order valence-corrected chi connectivity index (χ4v) is 2.72. The lowest BCUT2D eigenvalue weighted by atomic mass is 9.98. The van der Waals surface area contributed by atoms with Crippen molar-refractivity contribution in [3.8, 4) is 5.75 Å². The summed E-state index contributed by atoms with van der Waals surface area (Å²) in [5.41, 5.74) is 1.51. The van der Waals surface area contributed by atoms with Gasteiger partial charge in [-0.15, -0.1) is 0 Å². The molecule has 0 aromatic heterocycles. The van der Waals surface area contributed by atoms with Crippen molar-refractivity contribution in [2.45, 2.75) is 64.4 Å². The van der Waals surface area contributed by atoms with E-state index in [1.165, 1.54) is 31.2 Å². The van der Waals surface area contributed by atoms with Gasteiger partial charge in [0.25, 0.3) is 0 Å². The molecule has 17 heavy (non-hydrogen) atoms. The molecule has 0 heterocycles. The molecule has 0 bridgehead atoms. The topological polar surface area (TPSA) is 9.23 Å². The highest BCUT2D eigenvalue weighted by molar-refractivity contribution is 5.29. The third kappa shape index (κ3) is 2.83. The largest absolute Gasteiger partial charge is 0.487 e. The van der Waals surface area contributed by atoms with Crippen molar-refractivity contribution in [3.05, 3.63) is 29.8 Å². The third-order valence-electron chi connectivity index (χ3n) is 4.04. The molecule has 0 spiro atoms.